The first-order valence-corrected chi connectivity index (χ1v) is 7.78. The van der Waals surface area contributed by atoms with Crippen LogP contribution in [0.2, 0.25) is 5.02 Å². The minimum atomic E-state index is -0.167. The standard InChI is InChI=1S/C18H18ClNO2/c1-12(15-7-3-4-8-16(15)19)20-18(21)14-10-13-6-2-5-9-17(13)22-11-14/h2-9,12,14H,10-11H2,1H3,(H,20,21). The molecule has 1 amide bonds. The number of halogens is 1. The Morgan fingerprint density at radius 2 is 1.95 bits per heavy atom. The molecule has 4 heteroatoms. The van der Waals surface area contributed by atoms with Crippen LogP contribution in [0.4, 0.5) is 0 Å². The van der Waals surface area contributed by atoms with E-state index in [-0.39, 0.29) is 17.9 Å². The van der Waals surface area contributed by atoms with Crippen molar-refractivity contribution in [1.82, 2.24) is 5.32 Å². The molecule has 0 aliphatic carbocycles. The first-order valence-electron chi connectivity index (χ1n) is 7.40. The lowest BCUT2D eigenvalue weighted by Crippen LogP contribution is -2.38. The van der Waals surface area contributed by atoms with E-state index in [4.69, 9.17) is 16.3 Å². The predicted octanol–water partition coefficient (Wildman–Crippen LogP) is 3.77. The van der Waals surface area contributed by atoms with Crippen LogP contribution in [0.3, 0.4) is 0 Å². The summed E-state index contributed by atoms with van der Waals surface area (Å²) in [5.74, 6) is 0.715. The van der Waals surface area contributed by atoms with Crippen LogP contribution in [0.5, 0.6) is 5.75 Å². The summed E-state index contributed by atoms with van der Waals surface area (Å²) in [4.78, 5) is 12.5. The lowest BCUT2D eigenvalue weighted by Gasteiger charge is -2.26. The summed E-state index contributed by atoms with van der Waals surface area (Å²) in [6.07, 6.45) is 0.706. The summed E-state index contributed by atoms with van der Waals surface area (Å²) < 4.78 is 5.68. The molecule has 3 nitrogen and oxygen atoms in total. The van der Waals surface area contributed by atoms with Crippen molar-refractivity contribution in [2.24, 2.45) is 5.92 Å². The summed E-state index contributed by atoms with van der Waals surface area (Å²) in [6.45, 7) is 2.36. The van der Waals surface area contributed by atoms with E-state index in [2.05, 4.69) is 5.32 Å². The summed E-state index contributed by atoms with van der Waals surface area (Å²) in [7, 11) is 0. The van der Waals surface area contributed by atoms with E-state index >= 15 is 0 Å². The zero-order valence-corrected chi connectivity index (χ0v) is 13.1. The minimum Gasteiger partial charge on any atom is -0.492 e. The van der Waals surface area contributed by atoms with E-state index in [0.717, 1.165) is 16.9 Å². The maximum Gasteiger partial charge on any atom is 0.227 e. The smallest absolute Gasteiger partial charge is 0.227 e. The molecule has 22 heavy (non-hydrogen) atoms. The number of fused-ring (bicyclic) bond motifs is 1. The van der Waals surface area contributed by atoms with Gasteiger partial charge in [-0.25, -0.2) is 0 Å². The Labute approximate surface area is 135 Å². The van der Waals surface area contributed by atoms with Gasteiger partial charge in [0.15, 0.2) is 0 Å². The van der Waals surface area contributed by atoms with Crippen LogP contribution in [-0.2, 0) is 11.2 Å². The quantitative estimate of drug-likeness (QED) is 0.936. The number of hydrogen-bond acceptors (Lipinski definition) is 2. The van der Waals surface area contributed by atoms with Gasteiger partial charge in [-0.05, 0) is 36.6 Å². The zero-order valence-electron chi connectivity index (χ0n) is 12.4. The van der Waals surface area contributed by atoms with E-state index in [1.54, 1.807) is 0 Å². The molecule has 2 aromatic carbocycles. The van der Waals surface area contributed by atoms with Crippen LogP contribution in [-0.4, -0.2) is 12.5 Å². The Morgan fingerprint density at radius 1 is 1.23 bits per heavy atom. The third-order valence-electron chi connectivity index (χ3n) is 3.98. The van der Waals surface area contributed by atoms with Crippen LogP contribution in [0, 0.1) is 5.92 Å². The average Bonchev–Trinajstić information content (AvgIpc) is 2.54. The normalized spacial score (nSPS) is 18.0. The molecule has 114 valence electrons. The second-order valence-electron chi connectivity index (χ2n) is 5.57. The molecule has 0 spiro atoms. The molecule has 0 saturated heterocycles. The van der Waals surface area contributed by atoms with Gasteiger partial charge in [0.2, 0.25) is 5.91 Å². The fraction of sp³-hybridized carbons (Fsp3) is 0.278. The van der Waals surface area contributed by atoms with Gasteiger partial charge >= 0.3 is 0 Å². The Bertz CT molecular complexity index is 686. The fourth-order valence-electron chi connectivity index (χ4n) is 2.73. The fourth-order valence-corrected chi connectivity index (χ4v) is 3.03. The highest BCUT2D eigenvalue weighted by Gasteiger charge is 2.27. The third-order valence-corrected chi connectivity index (χ3v) is 4.32. The number of benzene rings is 2. The summed E-state index contributed by atoms with van der Waals surface area (Å²) in [5, 5.41) is 3.70. The molecule has 0 saturated carbocycles. The van der Waals surface area contributed by atoms with E-state index in [1.165, 1.54) is 0 Å². The highest BCUT2D eigenvalue weighted by atomic mass is 35.5. The molecule has 1 aliphatic heterocycles. The molecule has 3 rings (SSSR count). The number of carbonyl (C=O) groups excluding carboxylic acids is 1. The minimum absolute atomic E-state index is 0.00178. The van der Waals surface area contributed by atoms with Gasteiger partial charge in [-0.3, -0.25) is 4.79 Å². The molecule has 2 atom stereocenters. The second-order valence-corrected chi connectivity index (χ2v) is 5.98. The Balaban J connectivity index is 1.67. The molecule has 2 unspecified atom stereocenters. The number of para-hydroxylation sites is 1. The van der Waals surface area contributed by atoms with Gasteiger partial charge < -0.3 is 10.1 Å². The van der Waals surface area contributed by atoms with Crippen LogP contribution in [0.25, 0.3) is 0 Å². The Kier molecular flexibility index (Phi) is 4.34. The largest absolute Gasteiger partial charge is 0.492 e. The van der Waals surface area contributed by atoms with Gasteiger partial charge in [0.1, 0.15) is 12.4 Å². The molecule has 0 bridgehead atoms. The maximum absolute atomic E-state index is 12.5. The van der Waals surface area contributed by atoms with Gasteiger partial charge in [-0.2, -0.15) is 0 Å². The maximum atomic E-state index is 12.5. The molecule has 0 aromatic heterocycles. The van der Waals surface area contributed by atoms with E-state index in [1.807, 2.05) is 55.5 Å². The topological polar surface area (TPSA) is 38.3 Å². The van der Waals surface area contributed by atoms with Crippen molar-refractivity contribution in [1.29, 1.82) is 0 Å². The molecule has 0 fully saturated rings. The lowest BCUT2D eigenvalue weighted by molar-refractivity contribution is -0.126. The number of ether oxygens (including phenoxy) is 1. The molecule has 1 aliphatic rings. The van der Waals surface area contributed by atoms with Gasteiger partial charge in [0, 0.05) is 5.02 Å². The van der Waals surface area contributed by atoms with Gasteiger partial charge in [0.05, 0.1) is 12.0 Å². The second kappa shape index (κ2) is 6.41. The number of carbonyl (C=O) groups is 1. The van der Waals surface area contributed by atoms with Crippen LogP contribution >= 0.6 is 11.6 Å². The van der Waals surface area contributed by atoms with E-state index in [0.29, 0.717) is 18.1 Å². The van der Waals surface area contributed by atoms with Crippen LogP contribution in [0.1, 0.15) is 24.1 Å². The van der Waals surface area contributed by atoms with E-state index < -0.39 is 0 Å². The lowest BCUT2D eigenvalue weighted by atomic mass is 9.95. The van der Waals surface area contributed by atoms with Crippen LogP contribution < -0.4 is 10.1 Å². The van der Waals surface area contributed by atoms with Crippen molar-refractivity contribution in [3.05, 3.63) is 64.7 Å². The molecule has 1 N–H and O–H groups in total. The SMILES string of the molecule is CC(NC(=O)C1COc2ccccc2C1)c1ccccc1Cl. The first kappa shape index (κ1) is 14.9. The van der Waals surface area contributed by atoms with Crippen molar-refractivity contribution in [2.45, 2.75) is 19.4 Å². The highest BCUT2D eigenvalue weighted by molar-refractivity contribution is 6.31. The molecular weight excluding hydrogens is 298 g/mol. The third kappa shape index (κ3) is 3.09. The first-order chi connectivity index (χ1) is 10.6. The average molecular weight is 316 g/mol. The van der Waals surface area contributed by atoms with Gasteiger partial charge in [-0.15, -0.1) is 0 Å². The Morgan fingerprint density at radius 3 is 2.77 bits per heavy atom. The molecule has 2 aromatic rings. The van der Waals surface area contributed by atoms with Crippen molar-refractivity contribution < 1.29 is 9.53 Å². The number of rotatable bonds is 3. The van der Waals surface area contributed by atoms with Gasteiger partial charge in [0.25, 0.3) is 0 Å². The summed E-state index contributed by atoms with van der Waals surface area (Å²) in [5.41, 5.74) is 2.01. The monoisotopic (exact) mass is 315 g/mol. The summed E-state index contributed by atoms with van der Waals surface area (Å²) >= 11 is 6.18. The van der Waals surface area contributed by atoms with Crippen molar-refractivity contribution in [3.8, 4) is 5.75 Å². The zero-order chi connectivity index (χ0) is 15.5. The number of nitrogens with one attached hydrogen (secondary N) is 1. The summed E-state index contributed by atoms with van der Waals surface area (Å²) in [6, 6.07) is 15.3. The highest BCUT2D eigenvalue weighted by Crippen LogP contribution is 2.28. The van der Waals surface area contributed by atoms with Crippen molar-refractivity contribution >= 4 is 17.5 Å². The van der Waals surface area contributed by atoms with Crippen molar-refractivity contribution in [2.75, 3.05) is 6.61 Å². The van der Waals surface area contributed by atoms with Gasteiger partial charge in [-0.1, -0.05) is 48.0 Å². The Hall–Kier alpha value is -2.00. The van der Waals surface area contributed by atoms with E-state index in [9.17, 15) is 4.79 Å². The van der Waals surface area contributed by atoms with Crippen LogP contribution in [0.15, 0.2) is 48.5 Å². The number of hydrogen-bond donors (Lipinski definition) is 1. The predicted molar refractivity (Wildman–Crippen MR) is 87.1 cm³/mol. The molecule has 1 heterocycles. The molecule has 0 radical (unpaired) electrons. The number of amides is 1. The molecular formula is C18H18ClNO2. The van der Waals surface area contributed by atoms with Crippen molar-refractivity contribution in [3.63, 3.8) is 0 Å².